The Hall–Kier alpha value is -1.99. The van der Waals surface area contributed by atoms with Crippen LogP contribution >= 0.6 is 12.2 Å². The van der Waals surface area contributed by atoms with Gasteiger partial charge in [0.05, 0.1) is 6.67 Å². The molecule has 4 rings (SSSR count). The van der Waals surface area contributed by atoms with Crippen LogP contribution in [0.15, 0.2) is 30.3 Å². The molecule has 2 aliphatic rings. The molecule has 6 nitrogen and oxygen atoms in total. The zero-order valence-electron chi connectivity index (χ0n) is 15.8. The average Bonchev–Trinajstić information content (AvgIpc) is 3.49. The Morgan fingerprint density at radius 2 is 1.89 bits per heavy atom. The number of hydrogen-bond acceptors (Lipinski definition) is 4. The van der Waals surface area contributed by atoms with Crippen LogP contribution in [0.3, 0.4) is 0 Å². The number of nitrogens with one attached hydrogen (secondary N) is 1. The van der Waals surface area contributed by atoms with Gasteiger partial charge in [-0.15, -0.1) is 0 Å². The van der Waals surface area contributed by atoms with Gasteiger partial charge in [-0.2, -0.15) is 5.10 Å². The van der Waals surface area contributed by atoms with E-state index in [1.807, 2.05) is 35.0 Å². The van der Waals surface area contributed by atoms with E-state index in [-0.39, 0.29) is 11.9 Å². The Labute approximate surface area is 165 Å². The lowest BCUT2D eigenvalue weighted by Gasteiger charge is -2.32. The van der Waals surface area contributed by atoms with Crippen molar-refractivity contribution in [3.63, 3.8) is 0 Å². The van der Waals surface area contributed by atoms with Gasteiger partial charge in [0.15, 0.2) is 4.77 Å². The zero-order valence-corrected chi connectivity index (χ0v) is 16.6. The molecule has 1 N–H and O–H groups in total. The van der Waals surface area contributed by atoms with Crippen molar-refractivity contribution in [1.82, 2.24) is 24.6 Å². The first-order valence-corrected chi connectivity index (χ1v) is 10.3. The Kier molecular flexibility index (Phi) is 5.41. The van der Waals surface area contributed by atoms with E-state index in [1.165, 1.54) is 12.8 Å². The minimum Gasteiger partial charge on any atom is -0.349 e. The molecule has 0 radical (unpaired) electrons. The fourth-order valence-corrected chi connectivity index (χ4v) is 4.08. The van der Waals surface area contributed by atoms with Gasteiger partial charge in [0.2, 0.25) is 0 Å². The third-order valence-electron chi connectivity index (χ3n) is 5.50. The molecule has 0 spiro atoms. The third-order valence-corrected chi connectivity index (χ3v) is 5.93. The summed E-state index contributed by atoms with van der Waals surface area (Å²) in [6.45, 7) is 5.65. The fraction of sp³-hybridized carbons (Fsp3) is 0.550. The van der Waals surface area contributed by atoms with E-state index in [9.17, 15) is 4.79 Å². The summed E-state index contributed by atoms with van der Waals surface area (Å²) in [4.78, 5) is 14.7. The lowest BCUT2D eigenvalue weighted by Crippen LogP contribution is -2.45. The van der Waals surface area contributed by atoms with E-state index < -0.39 is 0 Å². The summed E-state index contributed by atoms with van der Waals surface area (Å²) >= 11 is 5.64. The number of aromatic nitrogens is 3. The van der Waals surface area contributed by atoms with Crippen LogP contribution in [0, 0.1) is 4.77 Å². The molecule has 2 aromatic rings. The van der Waals surface area contributed by atoms with Crippen molar-refractivity contribution in [2.45, 2.75) is 57.8 Å². The van der Waals surface area contributed by atoms with Crippen molar-refractivity contribution in [3.8, 4) is 0 Å². The molecule has 1 aliphatic carbocycles. The van der Waals surface area contributed by atoms with Crippen LogP contribution in [-0.2, 0) is 13.2 Å². The number of nitrogens with zero attached hydrogens (tertiary/aromatic N) is 4. The largest absolute Gasteiger partial charge is 0.349 e. The van der Waals surface area contributed by atoms with Gasteiger partial charge in [-0.3, -0.25) is 9.69 Å². The first-order chi connectivity index (χ1) is 13.2. The minimum absolute atomic E-state index is 0.0204. The molecule has 144 valence electrons. The van der Waals surface area contributed by atoms with Crippen LogP contribution in [0.5, 0.6) is 0 Å². The molecule has 1 saturated carbocycles. The van der Waals surface area contributed by atoms with E-state index in [0.29, 0.717) is 5.92 Å². The van der Waals surface area contributed by atoms with Crippen LogP contribution in [0.2, 0.25) is 0 Å². The Morgan fingerprint density at radius 1 is 1.19 bits per heavy atom. The van der Waals surface area contributed by atoms with E-state index in [0.717, 1.165) is 55.3 Å². The van der Waals surface area contributed by atoms with Crippen molar-refractivity contribution in [2.24, 2.45) is 0 Å². The van der Waals surface area contributed by atoms with Crippen molar-refractivity contribution in [2.75, 3.05) is 13.1 Å². The highest BCUT2D eigenvalue weighted by Crippen LogP contribution is 2.39. The Balaban J connectivity index is 1.32. The summed E-state index contributed by atoms with van der Waals surface area (Å²) < 4.78 is 4.99. The fourth-order valence-electron chi connectivity index (χ4n) is 3.76. The van der Waals surface area contributed by atoms with Crippen molar-refractivity contribution in [1.29, 1.82) is 0 Å². The molecule has 0 unspecified atom stereocenters. The van der Waals surface area contributed by atoms with Gasteiger partial charge >= 0.3 is 0 Å². The lowest BCUT2D eigenvalue weighted by atomic mass is 10.0. The molecule has 2 heterocycles. The number of rotatable bonds is 6. The minimum atomic E-state index is 0.0204. The molecule has 0 atom stereocenters. The van der Waals surface area contributed by atoms with E-state index in [1.54, 1.807) is 0 Å². The molecule has 7 heteroatoms. The first-order valence-electron chi connectivity index (χ1n) is 9.91. The van der Waals surface area contributed by atoms with Crippen molar-refractivity contribution >= 4 is 18.1 Å². The number of benzene rings is 1. The number of likely N-dealkylation sites (tertiary alicyclic amines) is 1. The van der Waals surface area contributed by atoms with Crippen molar-refractivity contribution in [3.05, 3.63) is 46.5 Å². The molecule has 1 saturated heterocycles. The molecule has 1 aliphatic heterocycles. The molecular formula is C20H27N5OS. The summed E-state index contributed by atoms with van der Waals surface area (Å²) in [5, 5.41) is 7.97. The average molecular weight is 386 g/mol. The van der Waals surface area contributed by atoms with Crippen LogP contribution in [-0.4, -0.2) is 44.3 Å². The van der Waals surface area contributed by atoms with Gasteiger partial charge < -0.3 is 9.88 Å². The molecule has 1 amide bonds. The van der Waals surface area contributed by atoms with E-state index in [4.69, 9.17) is 17.3 Å². The quantitative estimate of drug-likeness (QED) is 0.776. The predicted molar refractivity (Wildman–Crippen MR) is 107 cm³/mol. The van der Waals surface area contributed by atoms with Crippen LogP contribution < -0.4 is 5.32 Å². The van der Waals surface area contributed by atoms with Crippen LogP contribution in [0.25, 0.3) is 0 Å². The standard InChI is InChI=1S/C20H27N5OS/c1-2-24-18(15-8-9-15)22-25(20(24)27)14-23-12-10-17(11-13-23)21-19(26)16-6-4-3-5-7-16/h3-7,15,17H,2,8-14H2,1H3,(H,21,26). The smallest absolute Gasteiger partial charge is 0.251 e. The van der Waals surface area contributed by atoms with Gasteiger partial charge in [-0.05, 0) is 57.0 Å². The van der Waals surface area contributed by atoms with E-state index >= 15 is 0 Å². The predicted octanol–water partition coefficient (Wildman–Crippen LogP) is 3.16. The monoisotopic (exact) mass is 385 g/mol. The van der Waals surface area contributed by atoms with Gasteiger partial charge in [-0.25, -0.2) is 4.68 Å². The molecular weight excluding hydrogens is 358 g/mol. The number of carbonyl (C=O) groups excluding carboxylic acids is 1. The molecule has 1 aromatic heterocycles. The first kappa shape index (κ1) is 18.4. The second-order valence-electron chi connectivity index (χ2n) is 7.53. The molecule has 2 fully saturated rings. The third kappa shape index (κ3) is 4.14. The number of amides is 1. The normalized spacial score (nSPS) is 18.6. The molecule has 1 aromatic carbocycles. The zero-order chi connectivity index (χ0) is 18.8. The highest BCUT2D eigenvalue weighted by atomic mass is 32.1. The van der Waals surface area contributed by atoms with Gasteiger partial charge in [0.25, 0.3) is 5.91 Å². The maximum absolute atomic E-state index is 12.3. The molecule has 0 bridgehead atoms. The SMILES string of the molecule is CCn1c(C2CC2)nn(CN2CCC(NC(=O)c3ccccc3)CC2)c1=S. The second-order valence-corrected chi connectivity index (χ2v) is 7.90. The second kappa shape index (κ2) is 7.94. The summed E-state index contributed by atoms with van der Waals surface area (Å²) in [5.41, 5.74) is 0.726. The number of piperidine rings is 1. The maximum atomic E-state index is 12.3. The maximum Gasteiger partial charge on any atom is 0.251 e. The Morgan fingerprint density at radius 3 is 2.52 bits per heavy atom. The van der Waals surface area contributed by atoms with Gasteiger partial charge in [0.1, 0.15) is 5.82 Å². The number of hydrogen-bond donors (Lipinski definition) is 1. The van der Waals surface area contributed by atoms with Crippen LogP contribution in [0.1, 0.15) is 54.7 Å². The Bertz CT molecular complexity index is 847. The number of carbonyl (C=O) groups is 1. The topological polar surface area (TPSA) is 55.1 Å². The van der Waals surface area contributed by atoms with Crippen LogP contribution in [0.4, 0.5) is 0 Å². The summed E-state index contributed by atoms with van der Waals surface area (Å²) in [6, 6.07) is 9.66. The van der Waals surface area contributed by atoms with Gasteiger partial charge in [-0.1, -0.05) is 18.2 Å². The summed E-state index contributed by atoms with van der Waals surface area (Å²) in [5.74, 6) is 1.78. The highest BCUT2D eigenvalue weighted by molar-refractivity contribution is 7.71. The lowest BCUT2D eigenvalue weighted by molar-refractivity contribution is 0.0895. The molecule has 27 heavy (non-hydrogen) atoms. The summed E-state index contributed by atoms with van der Waals surface area (Å²) in [6.07, 6.45) is 4.38. The van der Waals surface area contributed by atoms with Gasteiger partial charge in [0, 0.05) is 37.2 Å². The summed E-state index contributed by atoms with van der Waals surface area (Å²) in [7, 11) is 0. The highest BCUT2D eigenvalue weighted by Gasteiger charge is 2.30. The van der Waals surface area contributed by atoms with Crippen molar-refractivity contribution < 1.29 is 4.79 Å². The van der Waals surface area contributed by atoms with E-state index in [2.05, 4.69) is 21.7 Å².